The zero-order valence-corrected chi connectivity index (χ0v) is 28.3. The number of nitrogens with one attached hydrogen (secondary N) is 1. The van der Waals surface area contributed by atoms with Crippen molar-refractivity contribution < 1.29 is 27.7 Å². The predicted molar refractivity (Wildman–Crippen MR) is 175 cm³/mol. The number of anilines is 1. The molecule has 0 fully saturated rings. The van der Waals surface area contributed by atoms with Crippen LogP contribution in [-0.2, 0) is 26.2 Å². The number of aryl methyl sites for hydroxylation is 1. The Hall–Kier alpha value is -3.58. The quantitative estimate of drug-likeness (QED) is 0.161. The molecule has 0 unspecified atom stereocenters. The van der Waals surface area contributed by atoms with Gasteiger partial charge in [-0.1, -0.05) is 53.9 Å². The van der Waals surface area contributed by atoms with E-state index in [1.54, 1.807) is 39.0 Å². The third-order valence-corrected chi connectivity index (χ3v) is 9.56. The van der Waals surface area contributed by atoms with Crippen molar-refractivity contribution in [2.45, 2.75) is 57.6 Å². The van der Waals surface area contributed by atoms with E-state index in [2.05, 4.69) is 5.32 Å². The van der Waals surface area contributed by atoms with E-state index in [1.807, 2.05) is 0 Å². The summed E-state index contributed by atoms with van der Waals surface area (Å²) in [6.07, 6.45) is 0.170. The van der Waals surface area contributed by atoms with Crippen molar-refractivity contribution in [2.24, 2.45) is 0 Å². The summed E-state index contributed by atoms with van der Waals surface area (Å²) < 4.78 is 34.7. The van der Waals surface area contributed by atoms with E-state index < -0.39 is 49.9 Å². The van der Waals surface area contributed by atoms with Crippen molar-refractivity contribution in [3.63, 3.8) is 0 Å². The molecular formula is C30H33Cl3N4O7S. The number of carbonyl (C=O) groups is 2. The summed E-state index contributed by atoms with van der Waals surface area (Å²) in [4.78, 5) is 39.4. The van der Waals surface area contributed by atoms with Gasteiger partial charge in [-0.05, 0) is 63.6 Å². The molecule has 15 heteroatoms. The summed E-state index contributed by atoms with van der Waals surface area (Å²) in [5, 5.41) is 15.1. The minimum atomic E-state index is -4.68. The molecule has 0 spiro atoms. The fraction of sp³-hybridized carbons (Fsp3) is 0.333. The summed E-state index contributed by atoms with van der Waals surface area (Å²) in [5.41, 5.74) is 0.0735. The highest BCUT2D eigenvalue weighted by atomic mass is 35.5. The van der Waals surface area contributed by atoms with Gasteiger partial charge < -0.3 is 15.0 Å². The Bertz CT molecular complexity index is 1680. The Labute approximate surface area is 277 Å². The average Bonchev–Trinajstić information content (AvgIpc) is 2.96. The van der Waals surface area contributed by atoms with Gasteiger partial charge in [0.25, 0.3) is 15.7 Å². The monoisotopic (exact) mass is 698 g/mol. The summed E-state index contributed by atoms with van der Waals surface area (Å²) in [5.74, 6) is -1.19. The first kappa shape index (κ1) is 35.9. The van der Waals surface area contributed by atoms with Gasteiger partial charge in [-0.25, -0.2) is 8.42 Å². The van der Waals surface area contributed by atoms with Gasteiger partial charge in [0.05, 0.1) is 22.6 Å². The van der Waals surface area contributed by atoms with Crippen LogP contribution in [0.1, 0.15) is 38.3 Å². The van der Waals surface area contributed by atoms with Crippen molar-refractivity contribution in [2.75, 3.05) is 18.0 Å². The lowest BCUT2D eigenvalue weighted by molar-refractivity contribution is -0.385. The van der Waals surface area contributed by atoms with Crippen LogP contribution in [0.5, 0.6) is 5.75 Å². The van der Waals surface area contributed by atoms with Gasteiger partial charge in [-0.2, -0.15) is 0 Å². The van der Waals surface area contributed by atoms with Gasteiger partial charge in [0, 0.05) is 44.8 Å². The Balaban J connectivity index is 2.23. The maximum atomic E-state index is 14.3. The molecule has 45 heavy (non-hydrogen) atoms. The van der Waals surface area contributed by atoms with Crippen molar-refractivity contribution in [1.29, 1.82) is 0 Å². The molecule has 0 aliphatic heterocycles. The third-order valence-electron chi connectivity index (χ3n) is 6.86. The third kappa shape index (κ3) is 8.37. The first-order chi connectivity index (χ1) is 21.1. The number of carbonyl (C=O) groups excluding carboxylic acids is 2. The van der Waals surface area contributed by atoms with Gasteiger partial charge in [-0.3, -0.25) is 24.0 Å². The molecule has 1 atom stereocenters. The van der Waals surface area contributed by atoms with Crippen LogP contribution in [0.4, 0.5) is 11.4 Å². The molecule has 0 aliphatic rings. The topological polar surface area (TPSA) is 139 Å². The van der Waals surface area contributed by atoms with E-state index >= 15 is 0 Å². The number of rotatable bonds is 13. The van der Waals surface area contributed by atoms with Crippen LogP contribution < -0.4 is 14.4 Å². The molecular weight excluding hydrogens is 667 g/mol. The molecule has 0 bridgehead atoms. The standard InChI is InChI=1S/C30H33Cl3N4O7S/c1-6-25(30(39)34-18(2)3)35(16-22-23(32)8-7-9-24(22)33)29(38)17-36(27-14-20(31)11-13-28(27)44-5)45(42,43)21-12-10-19(4)26(15-21)37(40)41/h7-15,18,25H,6,16-17H2,1-5H3,(H,34,39)/t25-/m0/s1. The van der Waals surface area contributed by atoms with Crippen molar-refractivity contribution >= 4 is 68.0 Å². The smallest absolute Gasteiger partial charge is 0.273 e. The molecule has 3 aromatic rings. The van der Waals surface area contributed by atoms with Crippen molar-refractivity contribution in [1.82, 2.24) is 10.2 Å². The maximum Gasteiger partial charge on any atom is 0.273 e. The molecule has 2 amide bonds. The van der Waals surface area contributed by atoms with E-state index in [0.717, 1.165) is 10.4 Å². The lowest BCUT2D eigenvalue weighted by atomic mass is 10.1. The van der Waals surface area contributed by atoms with Gasteiger partial charge in [0.1, 0.15) is 18.3 Å². The SMILES string of the molecule is CC[C@@H](C(=O)NC(C)C)N(Cc1c(Cl)cccc1Cl)C(=O)CN(c1cc(Cl)ccc1OC)S(=O)(=O)c1ccc(C)c([N+](=O)[O-])c1. The molecule has 3 rings (SSSR count). The molecule has 0 aliphatic carbocycles. The van der Waals surface area contributed by atoms with Crippen LogP contribution >= 0.6 is 34.8 Å². The lowest BCUT2D eigenvalue weighted by Gasteiger charge is -2.34. The largest absolute Gasteiger partial charge is 0.495 e. The van der Waals surface area contributed by atoms with E-state index in [-0.39, 0.29) is 51.1 Å². The first-order valence-electron chi connectivity index (χ1n) is 13.8. The molecule has 242 valence electrons. The number of hydrogen-bond acceptors (Lipinski definition) is 7. The summed E-state index contributed by atoms with van der Waals surface area (Å²) in [6, 6.07) is 11.1. The van der Waals surface area contributed by atoms with E-state index in [1.165, 1.54) is 49.3 Å². The van der Waals surface area contributed by atoms with Crippen LogP contribution in [0.3, 0.4) is 0 Å². The Morgan fingerprint density at radius 2 is 1.69 bits per heavy atom. The highest BCUT2D eigenvalue weighted by molar-refractivity contribution is 7.92. The summed E-state index contributed by atoms with van der Waals surface area (Å²) in [7, 11) is -3.36. The normalized spacial score (nSPS) is 12.0. The van der Waals surface area contributed by atoms with Crippen LogP contribution in [0.2, 0.25) is 15.1 Å². The summed E-state index contributed by atoms with van der Waals surface area (Å²) >= 11 is 19.1. The minimum absolute atomic E-state index is 0.0580. The highest BCUT2D eigenvalue weighted by Crippen LogP contribution is 2.36. The number of nitro benzene ring substituents is 1. The number of ether oxygens (including phenoxy) is 1. The Morgan fingerprint density at radius 1 is 1.04 bits per heavy atom. The molecule has 3 aromatic carbocycles. The van der Waals surface area contributed by atoms with Gasteiger partial charge in [0.15, 0.2) is 0 Å². The molecule has 0 heterocycles. The Kier molecular flexibility index (Phi) is 12.1. The number of nitrogens with zero attached hydrogens (tertiary/aromatic N) is 3. The maximum absolute atomic E-state index is 14.3. The van der Waals surface area contributed by atoms with E-state index in [4.69, 9.17) is 39.5 Å². The number of hydrogen-bond donors (Lipinski definition) is 1. The van der Waals surface area contributed by atoms with Crippen LogP contribution in [0, 0.1) is 17.0 Å². The lowest BCUT2D eigenvalue weighted by Crippen LogP contribution is -2.53. The average molecular weight is 700 g/mol. The molecule has 0 aromatic heterocycles. The van der Waals surface area contributed by atoms with Gasteiger partial charge >= 0.3 is 0 Å². The fourth-order valence-corrected chi connectivity index (χ4v) is 6.72. The van der Waals surface area contributed by atoms with E-state index in [9.17, 15) is 28.1 Å². The number of amides is 2. The predicted octanol–water partition coefficient (Wildman–Crippen LogP) is 6.40. The second kappa shape index (κ2) is 15.1. The molecule has 11 nitrogen and oxygen atoms in total. The fourth-order valence-electron chi connectivity index (χ4n) is 4.60. The molecule has 1 N–H and O–H groups in total. The number of sulfonamides is 1. The Morgan fingerprint density at radius 3 is 2.24 bits per heavy atom. The molecule has 0 saturated heterocycles. The second-order valence-corrected chi connectivity index (χ2v) is 13.5. The number of benzene rings is 3. The van der Waals surface area contributed by atoms with Crippen LogP contribution in [-0.4, -0.2) is 55.8 Å². The van der Waals surface area contributed by atoms with Crippen molar-refractivity contribution in [3.05, 3.63) is 90.9 Å². The minimum Gasteiger partial charge on any atom is -0.495 e. The van der Waals surface area contributed by atoms with Gasteiger partial charge in [-0.15, -0.1) is 0 Å². The number of nitro groups is 1. The number of halogens is 3. The molecule has 0 radical (unpaired) electrons. The highest BCUT2D eigenvalue weighted by Gasteiger charge is 2.36. The molecule has 0 saturated carbocycles. The van der Waals surface area contributed by atoms with Crippen molar-refractivity contribution in [3.8, 4) is 5.75 Å². The number of methoxy groups -OCH3 is 1. The zero-order chi connectivity index (χ0) is 33.6. The van der Waals surface area contributed by atoms with Crippen LogP contribution in [0.25, 0.3) is 0 Å². The second-order valence-electron chi connectivity index (χ2n) is 10.3. The van der Waals surface area contributed by atoms with Crippen LogP contribution in [0.15, 0.2) is 59.5 Å². The van der Waals surface area contributed by atoms with E-state index in [0.29, 0.717) is 5.56 Å². The zero-order valence-electron chi connectivity index (χ0n) is 25.2. The summed E-state index contributed by atoms with van der Waals surface area (Å²) in [6.45, 7) is 5.65. The van der Waals surface area contributed by atoms with Gasteiger partial charge in [0.2, 0.25) is 11.8 Å². The first-order valence-corrected chi connectivity index (χ1v) is 16.3.